The summed E-state index contributed by atoms with van der Waals surface area (Å²) in [7, 11) is 0. The highest BCUT2D eigenvalue weighted by Gasteiger charge is 2.37. The highest BCUT2D eigenvalue weighted by Crippen LogP contribution is 2.24. The van der Waals surface area contributed by atoms with Gasteiger partial charge in [-0.05, 0) is 36.6 Å². The Labute approximate surface area is 199 Å². The number of alkyl carbamates (subject to hydrolysis) is 1. The van der Waals surface area contributed by atoms with Crippen LogP contribution in [0.25, 0.3) is 10.9 Å². The number of carbonyl (C=O) groups excluding carboxylic acids is 2. The standard InChI is InChI=1S/C28H29N3O3/c1-20(22-13-7-4-8-14-22)30-26(32)28(2,17-23-18-29-25-16-10-9-15-24(23)25)31-27(33)34-19-21-11-5-3-6-12-21/h3-16,18,20,29H,17,19H2,1-2H3,(H,30,32)(H,31,33)/t20-,28+/m1/s1. The number of H-pyrrole nitrogens is 1. The molecule has 6 nitrogen and oxygen atoms in total. The molecule has 1 aromatic heterocycles. The van der Waals surface area contributed by atoms with E-state index in [0.29, 0.717) is 6.42 Å². The highest BCUT2D eigenvalue weighted by atomic mass is 16.5. The quantitative estimate of drug-likeness (QED) is 0.338. The summed E-state index contributed by atoms with van der Waals surface area (Å²) in [5.41, 5.74) is 2.53. The maximum absolute atomic E-state index is 13.5. The van der Waals surface area contributed by atoms with Crippen molar-refractivity contribution in [2.45, 2.75) is 38.5 Å². The number of fused-ring (bicyclic) bond motifs is 1. The molecule has 6 heteroatoms. The normalized spacial score (nSPS) is 13.6. The van der Waals surface area contributed by atoms with Gasteiger partial charge in [0.05, 0.1) is 6.04 Å². The lowest BCUT2D eigenvalue weighted by atomic mass is 9.91. The van der Waals surface area contributed by atoms with Crippen molar-refractivity contribution in [3.05, 3.63) is 108 Å². The summed E-state index contributed by atoms with van der Waals surface area (Å²) in [5, 5.41) is 6.90. The van der Waals surface area contributed by atoms with Crippen LogP contribution >= 0.6 is 0 Å². The number of amides is 2. The van der Waals surface area contributed by atoms with E-state index in [4.69, 9.17) is 4.74 Å². The van der Waals surface area contributed by atoms with E-state index in [1.54, 1.807) is 6.92 Å². The molecule has 2 amide bonds. The van der Waals surface area contributed by atoms with Crippen molar-refractivity contribution in [1.82, 2.24) is 15.6 Å². The van der Waals surface area contributed by atoms with Gasteiger partial charge >= 0.3 is 6.09 Å². The lowest BCUT2D eigenvalue weighted by Crippen LogP contribution is -2.58. The number of benzene rings is 3. The van der Waals surface area contributed by atoms with E-state index >= 15 is 0 Å². The van der Waals surface area contributed by atoms with Gasteiger partial charge in [-0.1, -0.05) is 78.9 Å². The summed E-state index contributed by atoms with van der Waals surface area (Å²) < 4.78 is 5.43. The van der Waals surface area contributed by atoms with E-state index in [-0.39, 0.29) is 18.6 Å². The number of nitrogens with one attached hydrogen (secondary N) is 3. The number of ether oxygens (including phenoxy) is 1. The summed E-state index contributed by atoms with van der Waals surface area (Å²) in [4.78, 5) is 29.5. The van der Waals surface area contributed by atoms with Gasteiger partial charge in [-0.25, -0.2) is 4.79 Å². The Hall–Kier alpha value is -4.06. The fourth-order valence-electron chi connectivity index (χ4n) is 4.01. The SMILES string of the molecule is C[C@@H](NC(=O)[C@](C)(Cc1c[nH]c2ccccc12)NC(=O)OCc1ccccc1)c1ccccc1. The Morgan fingerprint density at radius 2 is 1.59 bits per heavy atom. The zero-order valence-corrected chi connectivity index (χ0v) is 19.4. The summed E-state index contributed by atoms with van der Waals surface area (Å²) in [6, 6.07) is 26.8. The van der Waals surface area contributed by atoms with Crippen molar-refractivity contribution in [3.8, 4) is 0 Å². The van der Waals surface area contributed by atoms with Crippen LogP contribution in [0.1, 0.15) is 36.6 Å². The van der Waals surface area contributed by atoms with Crippen LogP contribution in [-0.2, 0) is 22.6 Å². The molecular weight excluding hydrogens is 426 g/mol. The zero-order chi connectivity index (χ0) is 24.0. The molecule has 0 radical (unpaired) electrons. The molecule has 0 aliphatic carbocycles. The third kappa shape index (κ3) is 5.46. The molecule has 2 atom stereocenters. The van der Waals surface area contributed by atoms with E-state index < -0.39 is 11.6 Å². The van der Waals surface area contributed by atoms with Crippen molar-refractivity contribution in [3.63, 3.8) is 0 Å². The van der Waals surface area contributed by atoms with Crippen LogP contribution in [0.4, 0.5) is 4.79 Å². The molecule has 4 aromatic rings. The van der Waals surface area contributed by atoms with Crippen molar-refractivity contribution in [2.75, 3.05) is 0 Å². The van der Waals surface area contributed by atoms with Gasteiger partial charge < -0.3 is 20.4 Å². The van der Waals surface area contributed by atoms with Crippen LogP contribution in [0.15, 0.2) is 91.1 Å². The van der Waals surface area contributed by atoms with Gasteiger partial charge in [-0.2, -0.15) is 0 Å². The van der Waals surface area contributed by atoms with Crippen LogP contribution in [0.3, 0.4) is 0 Å². The van der Waals surface area contributed by atoms with Gasteiger partial charge in [0.15, 0.2) is 0 Å². The minimum atomic E-state index is -1.23. The summed E-state index contributed by atoms with van der Waals surface area (Å²) in [6.07, 6.45) is 1.53. The van der Waals surface area contributed by atoms with Crippen LogP contribution in [0.2, 0.25) is 0 Å². The number of carbonyl (C=O) groups is 2. The summed E-state index contributed by atoms with van der Waals surface area (Å²) in [6.45, 7) is 3.77. The van der Waals surface area contributed by atoms with Crippen LogP contribution in [-0.4, -0.2) is 22.5 Å². The van der Waals surface area contributed by atoms with Crippen LogP contribution < -0.4 is 10.6 Å². The largest absolute Gasteiger partial charge is 0.445 e. The fourth-order valence-corrected chi connectivity index (χ4v) is 4.01. The predicted molar refractivity (Wildman–Crippen MR) is 133 cm³/mol. The Kier molecular flexibility index (Phi) is 6.97. The molecule has 0 fully saturated rings. The van der Waals surface area contributed by atoms with Gasteiger partial charge in [0.1, 0.15) is 12.1 Å². The molecule has 3 aromatic carbocycles. The number of hydrogen-bond donors (Lipinski definition) is 3. The van der Waals surface area contributed by atoms with E-state index in [0.717, 1.165) is 27.6 Å². The van der Waals surface area contributed by atoms with Crippen molar-refractivity contribution in [1.29, 1.82) is 0 Å². The Morgan fingerprint density at radius 1 is 0.941 bits per heavy atom. The monoisotopic (exact) mass is 455 g/mol. The van der Waals surface area contributed by atoms with E-state index in [1.807, 2.05) is 98.0 Å². The molecule has 4 rings (SSSR count). The molecule has 0 saturated carbocycles. The van der Waals surface area contributed by atoms with Gasteiger partial charge in [-0.15, -0.1) is 0 Å². The predicted octanol–water partition coefficient (Wildman–Crippen LogP) is 5.27. The van der Waals surface area contributed by atoms with Crippen LogP contribution in [0, 0.1) is 0 Å². The minimum absolute atomic E-state index is 0.123. The number of aromatic nitrogens is 1. The molecule has 0 saturated heterocycles. The first-order chi connectivity index (χ1) is 16.4. The molecule has 1 heterocycles. The molecule has 34 heavy (non-hydrogen) atoms. The maximum atomic E-state index is 13.5. The molecule has 0 aliphatic heterocycles. The first kappa shape index (κ1) is 23.1. The lowest BCUT2D eigenvalue weighted by Gasteiger charge is -2.31. The van der Waals surface area contributed by atoms with Gasteiger partial charge in [0.2, 0.25) is 5.91 Å². The van der Waals surface area contributed by atoms with Crippen molar-refractivity contribution >= 4 is 22.9 Å². The maximum Gasteiger partial charge on any atom is 0.408 e. The molecule has 0 unspecified atom stereocenters. The van der Waals surface area contributed by atoms with Gasteiger partial charge in [0, 0.05) is 23.5 Å². The number of para-hydroxylation sites is 1. The Bertz CT molecular complexity index is 1250. The smallest absolute Gasteiger partial charge is 0.408 e. The first-order valence-electron chi connectivity index (χ1n) is 11.3. The average Bonchev–Trinajstić information content (AvgIpc) is 3.26. The topological polar surface area (TPSA) is 83.2 Å². The van der Waals surface area contributed by atoms with Gasteiger partial charge in [0.25, 0.3) is 0 Å². The molecule has 174 valence electrons. The second-order valence-electron chi connectivity index (χ2n) is 8.66. The van der Waals surface area contributed by atoms with E-state index in [2.05, 4.69) is 15.6 Å². The zero-order valence-electron chi connectivity index (χ0n) is 19.4. The van der Waals surface area contributed by atoms with Gasteiger partial charge in [-0.3, -0.25) is 4.79 Å². The van der Waals surface area contributed by atoms with E-state index in [1.165, 1.54) is 0 Å². The van der Waals surface area contributed by atoms with E-state index in [9.17, 15) is 9.59 Å². The van der Waals surface area contributed by atoms with Crippen molar-refractivity contribution in [2.24, 2.45) is 0 Å². The molecule has 3 N–H and O–H groups in total. The second-order valence-corrected chi connectivity index (χ2v) is 8.66. The third-order valence-corrected chi connectivity index (χ3v) is 5.96. The Balaban J connectivity index is 1.54. The molecular formula is C28H29N3O3. The van der Waals surface area contributed by atoms with Crippen LogP contribution in [0.5, 0.6) is 0 Å². The molecule has 0 aliphatic rings. The lowest BCUT2D eigenvalue weighted by molar-refractivity contribution is -0.127. The highest BCUT2D eigenvalue weighted by molar-refractivity contribution is 5.91. The third-order valence-electron chi connectivity index (χ3n) is 5.96. The average molecular weight is 456 g/mol. The number of aromatic amines is 1. The number of rotatable bonds is 8. The number of hydrogen-bond acceptors (Lipinski definition) is 3. The fraction of sp³-hybridized carbons (Fsp3) is 0.214. The molecule has 0 spiro atoms. The minimum Gasteiger partial charge on any atom is -0.445 e. The summed E-state index contributed by atoms with van der Waals surface area (Å²) in [5.74, 6) is -0.286. The first-order valence-corrected chi connectivity index (χ1v) is 11.3. The second kappa shape index (κ2) is 10.3. The summed E-state index contributed by atoms with van der Waals surface area (Å²) >= 11 is 0. The Morgan fingerprint density at radius 3 is 2.32 bits per heavy atom. The van der Waals surface area contributed by atoms with Crippen molar-refractivity contribution < 1.29 is 14.3 Å². The molecule has 0 bridgehead atoms.